The zero-order chi connectivity index (χ0) is 22.9. The number of carbonyl (C=O) groups excluding carboxylic acids is 1. The van der Waals surface area contributed by atoms with Crippen molar-refractivity contribution in [1.82, 2.24) is 8.87 Å². The van der Waals surface area contributed by atoms with E-state index < -0.39 is 15.9 Å². The molecule has 170 valence electrons. The lowest BCUT2D eigenvalue weighted by molar-refractivity contribution is 0.0997. The number of thiazole rings is 1. The third kappa shape index (κ3) is 4.24. The quantitative estimate of drug-likeness (QED) is 0.541. The Hall–Kier alpha value is -2.49. The number of aryl methyl sites for hydroxylation is 1. The summed E-state index contributed by atoms with van der Waals surface area (Å²) in [5.41, 5.74) is 1.34. The van der Waals surface area contributed by atoms with E-state index in [1.165, 1.54) is 39.9 Å². The number of hydrogen-bond acceptors (Lipinski definition) is 5. The van der Waals surface area contributed by atoms with Gasteiger partial charge in [-0.05, 0) is 62.2 Å². The Morgan fingerprint density at radius 1 is 1.19 bits per heavy atom. The van der Waals surface area contributed by atoms with Crippen molar-refractivity contribution in [1.29, 1.82) is 0 Å². The van der Waals surface area contributed by atoms with Crippen molar-refractivity contribution < 1.29 is 17.9 Å². The second-order valence-electron chi connectivity index (χ2n) is 7.86. The molecule has 1 aromatic heterocycles. The summed E-state index contributed by atoms with van der Waals surface area (Å²) >= 11 is 1.42. The van der Waals surface area contributed by atoms with Gasteiger partial charge in [-0.2, -0.15) is 9.30 Å². The van der Waals surface area contributed by atoms with Gasteiger partial charge in [-0.3, -0.25) is 4.79 Å². The fourth-order valence-electron chi connectivity index (χ4n) is 4.12. The summed E-state index contributed by atoms with van der Waals surface area (Å²) in [5.74, 6) is 0.345. The summed E-state index contributed by atoms with van der Waals surface area (Å²) in [6, 6.07) is 11.9. The van der Waals surface area contributed by atoms with E-state index in [9.17, 15) is 13.2 Å². The molecule has 0 N–H and O–H groups in total. The van der Waals surface area contributed by atoms with Crippen molar-refractivity contribution in [2.45, 2.75) is 50.1 Å². The van der Waals surface area contributed by atoms with Crippen LogP contribution in [0.5, 0.6) is 5.75 Å². The predicted molar refractivity (Wildman–Crippen MR) is 126 cm³/mol. The predicted octanol–water partition coefficient (Wildman–Crippen LogP) is 4.04. The molecule has 32 heavy (non-hydrogen) atoms. The maximum absolute atomic E-state index is 12.9. The molecular formula is C23H27N3O4S2. The molecule has 1 aliphatic rings. The highest BCUT2D eigenvalue weighted by Gasteiger charge is 2.30. The molecule has 4 rings (SSSR count). The molecular weight excluding hydrogens is 446 g/mol. The minimum atomic E-state index is -3.58. The smallest absolute Gasteiger partial charge is 0.279 e. The summed E-state index contributed by atoms with van der Waals surface area (Å²) in [4.78, 5) is 17.9. The molecule has 0 radical (unpaired) electrons. The first kappa shape index (κ1) is 22.7. The van der Waals surface area contributed by atoms with Crippen LogP contribution in [-0.2, 0) is 16.6 Å². The Morgan fingerprint density at radius 3 is 2.50 bits per heavy atom. The van der Waals surface area contributed by atoms with Crippen LogP contribution >= 0.6 is 11.3 Å². The van der Waals surface area contributed by atoms with Crippen LogP contribution in [0.1, 0.15) is 43.0 Å². The summed E-state index contributed by atoms with van der Waals surface area (Å²) < 4.78 is 35.6. The molecule has 1 fully saturated rings. The van der Waals surface area contributed by atoms with Crippen LogP contribution in [0, 0.1) is 0 Å². The SMILES string of the molecule is CCn1c(=NC(=O)c2ccc(S(=O)(=O)N(C)C3CCCC3)cc2)sc2cc(OC)ccc21. The van der Waals surface area contributed by atoms with E-state index >= 15 is 0 Å². The van der Waals surface area contributed by atoms with Crippen LogP contribution in [-0.4, -0.2) is 43.4 Å². The molecule has 9 heteroatoms. The maximum Gasteiger partial charge on any atom is 0.279 e. The highest BCUT2D eigenvalue weighted by molar-refractivity contribution is 7.89. The van der Waals surface area contributed by atoms with Gasteiger partial charge in [0.25, 0.3) is 5.91 Å². The number of nitrogens with zero attached hydrogens (tertiary/aromatic N) is 3. The van der Waals surface area contributed by atoms with Crippen molar-refractivity contribution in [3.8, 4) is 5.75 Å². The molecule has 1 heterocycles. The van der Waals surface area contributed by atoms with Crippen molar-refractivity contribution in [2.24, 2.45) is 4.99 Å². The van der Waals surface area contributed by atoms with Gasteiger partial charge >= 0.3 is 0 Å². The molecule has 0 spiro atoms. The lowest BCUT2D eigenvalue weighted by atomic mass is 10.2. The van der Waals surface area contributed by atoms with E-state index in [2.05, 4.69) is 4.99 Å². The minimum Gasteiger partial charge on any atom is -0.497 e. The van der Waals surface area contributed by atoms with Crippen molar-refractivity contribution >= 4 is 37.5 Å². The Kier molecular flexibility index (Phi) is 6.50. The van der Waals surface area contributed by atoms with Crippen LogP contribution in [0.4, 0.5) is 0 Å². The van der Waals surface area contributed by atoms with Crippen molar-refractivity contribution in [3.05, 3.63) is 52.8 Å². The summed E-state index contributed by atoms with van der Waals surface area (Å²) in [6.07, 6.45) is 3.90. The summed E-state index contributed by atoms with van der Waals surface area (Å²) in [6.45, 7) is 2.67. The average Bonchev–Trinajstić information content (AvgIpc) is 3.45. The van der Waals surface area contributed by atoms with Crippen LogP contribution in [0.3, 0.4) is 0 Å². The lowest BCUT2D eigenvalue weighted by Crippen LogP contribution is -2.35. The molecule has 0 aliphatic heterocycles. The van der Waals surface area contributed by atoms with Gasteiger partial charge in [-0.25, -0.2) is 8.42 Å². The number of fused-ring (bicyclic) bond motifs is 1. The Balaban J connectivity index is 1.62. The number of amides is 1. The standard InChI is InChI=1S/C23H27N3O4S2/c1-4-26-20-14-11-18(30-3)15-21(20)31-23(26)24-22(27)16-9-12-19(13-10-16)32(28,29)25(2)17-7-5-6-8-17/h9-15,17H,4-8H2,1-3H3. The molecule has 1 aliphatic carbocycles. The Morgan fingerprint density at radius 2 is 1.88 bits per heavy atom. The largest absolute Gasteiger partial charge is 0.497 e. The highest BCUT2D eigenvalue weighted by Crippen LogP contribution is 2.27. The molecule has 0 unspecified atom stereocenters. The zero-order valence-corrected chi connectivity index (χ0v) is 20.1. The topological polar surface area (TPSA) is 81.0 Å². The van der Waals surface area contributed by atoms with Crippen LogP contribution in [0.2, 0.25) is 0 Å². The van der Waals surface area contributed by atoms with Crippen molar-refractivity contribution in [3.63, 3.8) is 0 Å². The molecule has 0 bridgehead atoms. The third-order valence-corrected chi connectivity index (χ3v) is 8.99. The lowest BCUT2D eigenvalue weighted by Gasteiger charge is -2.23. The van der Waals surface area contributed by atoms with Gasteiger partial charge in [0.15, 0.2) is 4.80 Å². The van der Waals surface area contributed by atoms with Gasteiger partial charge in [-0.1, -0.05) is 24.2 Å². The molecule has 0 saturated heterocycles. The van der Waals surface area contributed by atoms with Crippen molar-refractivity contribution in [2.75, 3.05) is 14.2 Å². The number of benzene rings is 2. The van der Waals surface area contributed by atoms with E-state index in [-0.39, 0.29) is 10.9 Å². The number of methoxy groups -OCH3 is 1. The van der Waals surface area contributed by atoms with Gasteiger partial charge in [0.05, 0.1) is 22.2 Å². The van der Waals surface area contributed by atoms with E-state index in [0.717, 1.165) is 41.6 Å². The fourth-order valence-corrected chi connectivity index (χ4v) is 6.66. The normalized spacial score (nSPS) is 15.7. The van der Waals surface area contributed by atoms with Gasteiger partial charge < -0.3 is 9.30 Å². The molecule has 0 atom stereocenters. The average molecular weight is 474 g/mol. The van der Waals surface area contributed by atoms with Gasteiger partial charge in [0.1, 0.15) is 5.75 Å². The molecule has 3 aromatic rings. The highest BCUT2D eigenvalue weighted by atomic mass is 32.2. The first-order valence-electron chi connectivity index (χ1n) is 10.7. The molecule has 2 aromatic carbocycles. The first-order valence-corrected chi connectivity index (χ1v) is 13.0. The van der Waals surface area contributed by atoms with Crippen LogP contribution in [0.25, 0.3) is 10.2 Å². The maximum atomic E-state index is 12.9. The Bertz CT molecular complexity index is 1300. The number of ether oxygens (including phenoxy) is 1. The van der Waals surface area contributed by atoms with E-state index in [4.69, 9.17) is 4.74 Å². The second-order valence-corrected chi connectivity index (χ2v) is 10.9. The van der Waals surface area contributed by atoms with Gasteiger partial charge in [0.2, 0.25) is 10.0 Å². The molecule has 7 nitrogen and oxygen atoms in total. The number of carbonyl (C=O) groups is 1. The minimum absolute atomic E-state index is 0.0485. The molecule has 1 amide bonds. The first-order chi connectivity index (χ1) is 15.3. The van der Waals surface area contributed by atoms with Crippen LogP contribution < -0.4 is 9.54 Å². The van der Waals surface area contributed by atoms with E-state index in [1.807, 2.05) is 29.7 Å². The number of aromatic nitrogens is 1. The number of sulfonamides is 1. The van der Waals surface area contributed by atoms with E-state index in [0.29, 0.717) is 16.9 Å². The summed E-state index contributed by atoms with van der Waals surface area (Å²) in [7, 11) is -0.324. The Labute approximate surface area is 192 Å². The second kappa shape index (κ2) is 9.17. The number of hydrogen-bond donors (Lipinski definition) is 0. The number of rotatable bonds is 6. The zero-order valence-electron chi connectivity index (χ0n) is 18.4. The molecule has 1 saturated carbocycles. The fraction of sp³-hybridized carbons (Fsp3) is 0.391. The monoisotopic (exact) mass is 473 g/mol. The van der Waals surface area contributed by atoms with Gasteiger partial charge in [0, 0.05) is 25.2 Å². The van der Waals surface area contributed by atoms with Crippen LogP contribution in [0.15, 0.2) is 52.4 Å². The summed E-state index contributed by atoms with van der Waals surface area (Å²) in [5, 5.41) is 0. The third-order valence-electron chi connectivity index (χ3n) is 6.02. The van der Waals surface area contributed by atoms with E-state index in [1.54, 1.807) is 14.2 Å². The van der Waals surface area contributed by atoms with Gasteiger partial charge in [-0.15, -0.1) is 0 Å².